The molecule has 0 bridgehead atoms. The minimum atomic E-state index is -3.30. The smallest absolute Gasteiger partial charge is 0.252 e. The fourth-order valence-corrected chi connectivity index (χ4v) is 6.07. The van der Waals surface area contributed by atoms with Gasteiger partial charge in [-0.15, -0.1) is 11.3 Å². The second kappa shape index (κ2) is 5.58. The van der Waals surface area contributed by atoms with Crippen molar-refractivity contribution in [2.45, 2.75) is 17.6 Å². The first-order chi connectivity index (χ1) is 8.45. The molecule has 1 aliphatic heterocycles. The van der Waals surface area contributed by atoms with E-state index in [9.17, 15) is 8.42 Å². The summed E-state index contributed by atoms with van der Waals surface area (Å²) < 4.78 is 27.8. The molecular formula is C11H17BrN2O2S2. The van der Waals surface area contributed by atoms with Crippen molar-refractivity contribution in [3.63, 3.8) is 0 Å². The number of hydrogen-bond donors (Lipinski definition) is 1. The first-order valence-electron chi connectivity index (χ1n) is 5.86. The topological polar surface area (TPSA) is 49.4 Å². The Morgan fingerprint density at radius 1 is 1.61 bits per heavy atom. The second-order valence-electron chi connectivity index (χ2n) is 4.60. The van der Waals surface area contributed by atoms with Crippen molar-refractivity contribution in [2.75, 3.05) is 26.7 Å². The normalized spacial score (nSPS) is 21.6. The number of halogens is 1. The largest absolute Gasteiger partial charge is 0.319 e. The summed E-state index contributed by atoms with van der Waals surface area (Å²) >= 11 is 4.67. The van der Waals surface area contributed by atoms with Crippen LogP contribution in [0.5, 0.6) is 0 Å². The van der Waals surface area contributed by atoms with Crippen molar-refractivity contribution in [1.82, 2.24) is 9.62 Å². The molecule has 1 aliphatic rings. The van der Waals surface area contributed by atoms with Crippen LogP contribution in [0.2, 0.25) is 0 Å². The van der Waals surface area contributed by atoms with E-state index < -0.39 is 10.0 Å². The fraction of sp³-hybridized carbons (Fsp3) is 0.636. The third-order valence-corrected chi connectivity index (χ3v) is 7.62. The minimum absolute atomic E-state index is 0.425. The summed E-state index contributed by atoms with van der Waals surface area (Å²) in [7, 11) is -1.40. The van der Waals surface area contributed by atoms with Crippen LogP contribution < -0.4 is 5.32 Å². The maximum Gasteiger partial charge on any atom is 0.252 e. The molecule has 1 saturated heterocycles. The Labute approximate surface area is 121 Å². The molecule has 1 fully saturated rings. The summed E-state index contributed by atoms with van der Waals surface area (Å²) in [5.74, 6) is 0.425. The third kappa shape index (κ3) is 2.80. The highest BCUT2D eigenvalue weighted by molar-refractivity contribution is 9.11. The highest BCUT2D eigenvalue weighted by atomic mass is 79.9. The maximum absolute atomic E-state index is 12.4. The lowest BCUT2D eigenvalue weighted by atomic mass is 10.1. The van der Waals surface area contributed by atoms with Gasteiger partial charge in [-0.3, -0.25) is 0 Å². The van der Waals surface area contributed by atoms with E-state index in [1.807, 2.05) is 14.0 Å². The van der Waals surface area contributed by atoms with E-state index in [-0.39, 0.29) is 0 Å². The molecule has 1 aromatic rings. The first-order valence-corrected chi connectivity index (χ1v) is 8.90. The standard InChI is InChI=1S/C11H17BrN2O2S2/c1-8-5-10(17-11(8)12)18(15,16)14-4-3-9(7-14)6-13-2/h5,9,13H,3-4,6-7H2,1-2H3. The number of nitrogens with zero attached hydrogens (tertiary/aromatic N) is 1. The van der Waals surface area contributed by atoms with Gasteiger partial charge in [-0.05, 0) is 60.4 Å². The Balaban J connectivity index is 2.17. The van der Waals surface area contributed by atoms with Gasteiger partial charge in [0.15, 0.2) is 0 Å². The third-order valence-electron chi connectivity index (χ3n) is 3.17. The molecule has 0 amide bonds. The van der Waals surface area contributed by atoms with Crippen LogP contribution in [0.3, 0.4) is 0 Å². The van der Waals surface area contributed by atoms with Crippen molar-refractivity contribution < 1.29 is 8.42 Å². The summed E-state index contributed by atoms with van der Waals surface area (Å²) in [6, 6.07) is 1.75. The molecule has 0 aromatic carbocycles. The Bertz CT molecular complexity index is 508. The van der Waals surface area contributed by atoms with E-state index in [1.54, 1.807) is 10.4 Å². The van der Waals surface area contributed by atoms with Crippen molar-refractivity contribution in [1.29, 1.82) is 0 Å². The average molecular weight is 353 g/mol. The molecule has 2 heterocycles. The molecule has 1 aromatic heterocycles. The number of sulfonamides is 1. The number of hydrogen-bond acceptors (Lipinski definition) is 4. The molecule has 102 valence electrons. The zero-order chi connectivity index (χ0) is 13.3. The first kappa shape index (κ1) is 14.5. The summed E-state index contributed by atoms with van der Waals surface area (Å²) in [6.07, 6.45) is 0.936. The molecule has 1 unspecified atom stereocenters. The molecule has 1 N–H and O–H groups in total. The van der Waals surface area contributed by atoms with Gasteiger partial charge in [0.2, 0.25) is 0 Å². The molecule has 0 radical (unpaired) electrons. The van der Waals surface area contributed by atoms with Gasteiger partial charge in [0.25, 0.3) is 10.0 Å². The van der Waals surface area contributed by atoms with Gasteiger partial charge in [0, 0.05) is 13.1 Å². The van der Waals surface area contributed by atoms with Gasteiger partial charge in [-0.1, -0.05) is 0 Å². The van der Waals surface area contributed by atoms with Crippen molar-refractivity contribution in [2.24, 2.45) is 5.92 Å². The summed E-state index contributed by atoms with van der Waals surface area (Å²) in [5.41, 5.74) is 0.976. The van der Waals surface area contributed by atoms with Gasteiger partial charge >= 0.3 is 0 Å². The maximum atomic E-state index is 12.4. The molecule has 4 nitrogen and oxygen atoms in total. The lowest BCUT2D eigenvalue weighted by Gasteiger charge is -2.15. The summed E-state index contributed by atoms with van der Waals surface area (Å²) in [6.45, 7) is 4.04. The lowest BCUT2D eigenvalue weighted by molar-refractivity contribution is 0.452. The molecule has 0 aliphatic carbocycles. The number of aryl methyl sites for hydroxylation is 1. The van der Waals surface area contributed by atoms with Crippen LogP contribution >= 0.6 is 27.3 Å². The molecule has 1 atom stereocenters. The fourth-order valence-electron chi connectivity index (χ4n) is 2.16. The van der Waals surface area contributed by atoms with Crippen LogP contribution in [0.4, 0.5) is 0 Å². The molecule has 2 rings (SSSR count). The highest BCUT2D eigenvalue weighted by Crippen LogP contribution is 2.33. The van der Waals surface area contributed by atoms with Crippen LogP contribution in [-0.2, 0) is 10.0 Å². The summed E-state index contributed by atoms with van der Waals surface area (Å²) in [4.78, 5) is 0. The predicted molar refractivity (Wildman–Crippen MR) is 77.5 cm³/mol. The zero-order valence-corrected chi connectivity index (χ0v) is 13.7. The molecule has 18 heavy (non-hydrogen) atoms. The van der Waals surface area contributed by atoms with Crippen molar-refractivity contribution in [3.8, 4) is 0 Å². The molecule has 0 saturated carbocycles. The van der Waals surface area contributed by atoms with Crippen LogP contribution in [0.1, 0.15) is 12.0 Å². The van der Waals surface area contributed by atoms with E-state index in [0.29, 0.717) is 23.2 Å². The van der Waals surface area contributed by atoms with E-state index in [4.69, 9.17) is 0 Å². The van der Waals surface area contributed by atoms with Crippen molar-refractivity contribution in [3.05, 3.63) is 15.4 Å². The molecule has 0 spiro atoms. The highest BCUT2D eigenvalue weighted by Gasteiger charge is 2.33. The van der Waals surface area contributed by atoms with Crippen LogP contribution in [0.15, 0.2) is 14.1 Å². The van der Waals surface area contributed by atoms with Gasteiger partial charge in [-0.25, -0.2) is 8.42 Å². The number of thiophene rings is 1. The van der Waals surface area contributed by atoms with Gasteiger partial charge in [0.1, 0.15) is 4.21 Å². The average Bonchev–Trinajstić information content (AvgIpc) is 2.88. The molecule has 7 heteroatoms. The van der Waals surface area contributed by atoms with E-state index in [1.165, 1.54) is 11.3 Å². The number of rotatable bonds is 4. The van der Waals surface area contributed by atoms with E-state index in [2.05, 4.69) is 21.2 Å². The van der Waals surface area contributed by atoms with E-state index >= 15 is 0 Å². The minimum Gasteiger partial charge on any atom is -0.319 e. The van der Waals surface area contributed by atoms with Gasteiger partial charge in [-0.2, -0.15) is 4.31 Å². The van der Waals surface area contributed by atoms with E-state index in [0.717, 1.165) is 22.3 Å². The monoisotopic (exact) mass is 352 g/mol. The Hall–Kier alpha value is 0.0500. The second-order valence-corrected chi connectivity index (χ2v) is 9.13. The van der Waals surface area contributed by atoms with Crippen LogP contribution in [0, 0.1) is 12.8 Å². The Kier molecular flexibility index (Phi) is 4.48. The Morgan fingerprint density at radius 2 is 2.33 bits per heavy atom. The SMILES string of the molecule is CNCC1CCN(S(=O)(=O)c2cc(C)c(Br)s2)C1. The lowest BCUT2D eigenvalue weighted by Crippen LogP contribution is -2.30. The Morgan fingerprint density at radius 3 is 2.89 bits per heavy atom. The molecular weight excluding hydrogens is 336 g/mol. The van der Waals surface area contributed by atoms with Gasteiger partial charge < -0.3 is 5.32 Å². The van der Waals surface area contributed by atoms with Crippen LogP contribution in [0.25, 0.3) is 0 Å². The number of nitrogens with one attached hydrogen (secondary N) is 1. The zero-order valence-electron chi connectivity index (χ0n) is 10.4. The summed E-state index contributed by atoms with van der Waals surface area (Å²) in [5, 5.41) is 3.11. The quantitative estimate of drug-likeness (QED) is 0.901. The van der Waals surface area contributed by atoms with Crippen LogP contribution in [-0.4, -0.2) is 39.4 Å². The predicted octanol–water partition coefficient (Wildman–Crippen LogP) is 2.05. The van der Waals surface area contributed by atoms with Gasteiger partial charge in [0.05, 0.1) is 3.79 Å². The van der Waals surface area contributed by atoms with Crippen molar-refractivity contribution >= 4 is 37.3 Å².